The van der Waals surface area contributed by atoms with E-state index in [0.717, 1.165) is 12.5 Å². The number of ketones is 2. The number of carbonyl (C=O) groups excluding carboxylic acids is 5. The van der Waals surface area contributed by atoms with E-state index < -0.39 is 16.0 Å². The SMILES string of the molecule is CC(C)=O.CC=NC.CCC.CCC(=O)OC.CCC(C)=O.COC.COC(=O)OC.COC(C)=O.CS(C)(=O)=O.CSC. The van der Waals surface area contributed by atoms with E-state index in [9.17, 15) is 32.4 Å². The molecule has 0 aliphatic carbocycles. The number of sulfone groups is 1. The van der Waals surface area contributed by atoms with Crippen LogP contribution in [-0.2, 0) is 52.7 Å². The Morgan fingerprint density at radius 1 is 0.705 bits per heavy atom. The van der Waals surface area contributed by atoms with Gasteiger partial charge < -0.3 is 38.3 Å². The summed E-state index contributed by atoms with van der Waals surface area (Å²) >= 11 is 1.75. The van der Waals surface area contributed by atoms with E-state index in [1.54, 1.807) is 53.1 Å². The number of hydrogen-bond acceptors (Lipinski definition) is 14. The molecular weight excluding hydrogens is 618 g/mol. The Labute approximate surface area is 274 Å². The first-order valence-corrected chi connectivity index (χ1v) is 17.0. The second kappa shape index (κ2) is 72.6. The maximum absolute atomic E-state index is 9.96. The van der Waals surface area contributed by atoms with Crippen LogP contribution in [-0.4, -0.2) is 119 Å². The van der Waals surface area contributed by atoms with E-state index in [0.29, 0.717) is 12.8 Å². The van der Waals surface area contributed by atoms with Gasteiger partial charge in [0.2, 0.25) is 0 Å². The molecule has 0 radical (unpaired) electrons. The highest BCUT2D eigenvalue weighted by Crippen LogP contribution is 1.76. The molecule has 0 aromatic rings. The third-order valence-electron chi connectivity index (χ3n) is 1.89. The van der Waals surface area contributed by atoms with Gasteiger partial charge >= 0.3 is 18.1 Å². The van der Waals surface area contributed by atoms with Gasteiger partial charge in [-0.05, 0) is 46.4 Å². The Bertz CT molecular complexity index is 636. The molecule has 0 bridgehead atoms. The Hall–Kier alpha value is -2.52. The van der Waals surface area contributed by atoms with Gasteiger partial charge in [-0.3, -0.25) is 9.59 Å². The van der Waals surface area contributed by atoms with E-state index in [4.69, 9.17) is 0 Å². The molecule has 0 saturated carbocycles. The molecule has 0 aromatic carbocycles. The van der Waals surface area contributed by atoms with Crippen molar-refractivity contribution in [1.29, 1.82) is 0 Å². The van der Waals surface area contributed by atoms with E-state index >= 15 is 0 Å². The first-order valence-electron chi connectivity index (χ1n) is 13.1. The molecule has 44 heavy (non-hydrogen) atoms. The summed E-state index contributed by atoms with van der Waals surface area (Å²) in [5.74, 6) is 0.0185. The summed E-state index contributed by atoms with van der Waals surface area (Å²) in [5.41, 5.74) is 0. The lowest BCUT2D eigenvalue weighted by molar-refractivity contribution is -0.140. The number of thioether (sulfide) groups is 1. The van der Waals surface area contributed by atoms with E-state index in [1.807, 2.05) is 26.4 Å². The molecule has 272 valence electrons. The van der Waals surface area contributed by atoms with Crippen molar-refractivity contribution in [3.05, 3.63) is 0 Å². The van der Waals surface area contributed by atoms with E-state index in [1.165, 1.54) is 55.6 Å². The first kappa shape index (κ1) is 68.6. The largest absolute Gasteiger partial charge is 0.507 e. The Kier molecular flexibility index (Phi) is 113. The summed E-state index contributed by atoms with van der Waals surface area (Å²) in [6.45, 7) is 15.7. The summed E-state index contributed by atoms with van der Waals surface area (Å²) in [7, 11) is 7.58. The van der Waals surface area contributed by atoms with Crippen molar-refractivity contribution in [3.8, 4) is 0 Å². The van der Waals surface area contributed by atoms with Crippen molar-refractivity contribution in [2.24, 2.45) is 4.99 Å². The van der Waals surface area contributed by atoms with Crippen molar-refractivity contribution >= 4 is 57.5 Å². The molecule has 0 heterocycles. The highest BCUT2D eigenvalue weighted by molar-refractivity contribution is 7.97. The van der Waals surface area contributed by atoms with Crippen LogP contribution in [0, 0.1) is 0 Å². The second-order valence-corrected chi connectivity index (χ2v) is 10.5. The molecule has 15 heteroatoms. The van der Waals surface area contributed by atoms with Gasteiger partial charge in [-0.1, -0.05) is 34.1 Å². The molecule has 0 amide bonds. The minimum Gasteiger partial charge on any atom is -0.469 e. The molecule has 0 saturated heterocycles. The summed E-state index contributed by atoms with van der Waals surface area (Å²) in [6, 6.07) is 0. The highest BCUT2D eigenvalue weighted by atomic mass is 32.2. The maximum Gasteiger partial charge on any atom is 0.507 e. The predicted octanol–water partition coefficient (Wildman–Crippen LogP) is 5.75. The molecule has 0 N–H and O–H groups in total. The van der Waals surface area contributed by atoms with Gasteiger partial charge in [0.25, 0.3) is 0 Å². The topological polar surface area (TPSA) is 178 Å². The number of aliphatic imine (C=N–C) groups is 1. The quantitative estimate of drug-likeness (QED) is 0.195. The normalized spacial score (nSPS) is 7.64. The zero-order chi connectivity index (χ0) is 38.2. The van der Waals surface area contributed by atoms with Crippen molar-refractivity contribution in [2.75, 3.05) is 74.7 Å². The molecule has 0 aliphatic heterocycles. The first-order chi connectivity index (χ1) is 20.0. The third-order valence-corrected chi connectivity index (χ3v) is 1.89. The van der Waals surface area contributed by atoms with Crippen molar-refractivity contribution in [1.82, 2.24) is 0 Å². The van der Waals surface area contributed by atoms with Crippen molar-refractivity contribution < 1.29 is 56.1 Å². The van der Waals surface area contributed by atoms with Crippen LogP contribution in [0.15, 0.2) is 4.99 Å². The molecule has 0 spiro atoms. The second-order valence-electron chi connectivity index (χ2n) is 7.43. The van der Waals surface area contributed by atoms with Gasteiger partial charge in [-0.2, -0.15) is 11.8 Å². The average Bonchev–Trinajstić information content (AvgIpc) is 2.93. The minimum atomic E-state index is -2.67. The average molecular weight is 686 g/mol. The van der Waals surface area contributed by atoms with Crippen LogP contribution >= 0.6 is 11.8 Å². The number of rotatable bonds is 2. The number of ether oxygens (including phenoxy) is 5. The zero-order valence-electron chi connectivity index (χ0n) is 31.4. The molecule has 0 rings (SSSR count). The number of nitrogens with zero attached hydrogens (tertiary/aromatic N) is 1. The minimum absolute atomic E-state index is 0.157. The highest BCUT2D eigenvalue weighted by Gasteiger charge is 1.89. The molecule has 13 nitrogen and oxygen atoms in total. The van der Waals surface area contributed by atoms with Crippen LogP contribution < -0.4 is 0 Å². The number of Topliss-reactive ketones (excluding diaryl/α,β-unsaturated/α-hetero) is 2. The van der Waals surface area contributed by atoms with Crippen LogP contribution in [0.4, 0.5) is 4.79 Å². The monoisotopic (exact) mass is 685 g/mol. The predicted molar refractivity (Wildman–Crippen MR) is 186 cm³/mol. The summed E-state index contributed by atoms with van der Waals surface area (Å²) < 4.78 is 40.0. The molecule has 0 atom stereocenters. The summed E-state index contributed by atoms with van der Waals surface area (Å²) in [4.78, 5) is 52.2. The van der Waals surface area contributed by atoms with Gasteiger partial charge in [-0.25, -0.2) is 13.2 Å². The lowest BCUT2D eigenvalue weighted by atomic mass is 10.4. The number of esters is 2. The maximum atomic E-state index is 9.96. The van der Waals surface area contributed by atoms with Gasteiger partial charge in [0.15, 0.2) is 0 Å². The molecule has 0 unspecified atom stereocenters. The molecular formula is C29H67NO12S2. The van der Waals surface area contributed by atoms with Crippen LogP contribution in [0.2, 0.25) is 0 Å². The van der Waals surface area contributed by atoms with Crippen LogP contribution in [0.3, 0.4) is 0 Å². The smallest absolute Gasteiger partial charge is 0.469 e. The van der Waals surface area contributed by atoms with Gasteiger partial charge in [0, 0.05) is 53.5 Å². The van der Waals surface area contributed by atoms with Crippen LogP contribution in [0.5, 0.6) is 0 Å². The summed E-state index contributed by atoms with van der Waals surface area (Å²) in [6.07, 6.45) is 9.88. The molecule has 0 aromatic heterocycles. The number of hydrogen-bond donors (Lipinski definition) is 0. The van der Waals surface area contributed by atoms with Gasteiger partial charge in [-0.15, -0.1) is 0 Å². The number of methoxy groups -OCH3 is 5. The van der Waals surface area contributed by atoms with Gasteiger partial charge in [0.1, 0.15) is 21.4 Å². The Morgan fingerprint density at radius 2 is 0.886 bits per heavy atom. The summed E-state index contributed by atoms with van der Waals surface area (Å²) in [5, 5.41) is 0. The van der Waals surface area contributed by atoms with Crippen LogP contribution in [0.25, 0.3) is 0 Å². The zero-order valence-corrected chi connectivity index (χ0v) is 33.0. The molecule has 0 fully saturated rings. The fourth-order valence-electron chi connectivity index (χ4n) is 0.228. The van der Waals surface area contributed by atoms with Crippen molar-refractivity contribution in [3.63, 3.8) is 0 Å². The van der Waals surface area contributed by atoms with Crippen LogP contribution in [0.1, 0.15) is 81.6 Å². The van der Waals surface area contributed by atoms with Gasteiger partial charge in [0.05, 0.1) is 28.4 Å². The Balaban J connectivity index is -0.0000000369. The Morgan fingerprint density at radius 3 is 0.886 bits per heavy atom. The lowest BCUT2D eigenvalue weighted by Crippen LogP contribution is -1.97. The third kappa shape index (κ3) is 532. The number of carbonyl (C=O) groups is 5. The van der Waals surface area contributed by atoms with Crippen molar-refractivity contribution in [2.45, 2.75) is 81.6 Å². The molecule has 0 aliphatic rings. The fraction of sp³-hybridized carbons (Fsp3) is 0.793. The fourth-order valence-corrected chi connectivity index (χ4v) is 0.228. The lowest BCUT2D eigenvalue weighted by Gasteiger charge is -1.89. The van der Waals surface area contributed by atoms with E-state index in [-0.39, 0.29) is 23.5 Å². The van der Waals surface area contributed by atoms with E-state index in [2.05, 4.69) is 42.5 Å². The standard InChI is InChI=1S/C4H8O2.C4H8O.C3H7N.C3H6O3.C3H6O2.C3H6O.C3H8.C2H6O2S.C2H6O.C2H6S/c1-3-4(5)6-2;1-3-4(2)5;1-3-4-2;1-5-3(4)6-2;1-3(4)5-2;1-3(2)4;1-3-2;1-5(2,3)4;2*1-3-2/h3H2,1-2H3;3H2,1-2H3;3H,1-2H3;1-2H3;1-2H3;1-2H3;3H2,1-2H3;1-2H3;2*1-2H3.